The van der Waals surface area contributed by atoms with Gasteiger partial charge in [-0.05, 0) is 24.6 Å². The molecule has 1 saturated heterocycles. The molecule has 4 rings (SSSR count). The van der Waals surface area contributed by atoms with Crippen molar-refractivity contribution in [2.24, 2.45) is 0 Å². The summed E-state index contributed by atoms with van der Waals surface area (Å²) in [5, 5.41) is 16.4. The molecule has 150 valence electrons. The molecule has 0 aliphatic carbocycles. The Morgan fingerprint density at radius 3 is 2.90 bits per heavy atom. The second kappa shape index (κ2) is 8.80. The Bertz CT molecular complexity index is 953. The molecule has 0 saturated carbocycles. The molecule has 0 bridgehead atoms. The first kappa shape index (κ1) is 19.0. The molecule has 1 atom stereocenters. The number of aliphatic hydroxyl groups is 1. The summed E-state index contributed by atoms with van der Waals surface area (Å²) in [6, 6.07) is 8.73. The van der Waals surface area contributed by atoms with E-state index in [9.17, 15) is 9.90 Å². The van der Waals surface area contributed by atoms with Crippen LogP contribution in [0.2, 0.25) is 0 Å². The maximum atomic E-state index is 12.2. The molecule has 29 heavy (non-hydrogen) atoms. The summed E-state index contributed by atoms with van der Waals surface area (Å²) < 4.78 is 16.2. The summed E-state index contributed by atoms with van der Waals surface area (Å²) in [6.07, 6.45) is 3.92. The lowest BCUT2D eigenvalue weighted by molar-refractivity contribution is 0.0929. The van der Waals surface area contributed by atoms with Gasteiger partial charge in [-0.25, -0.2) is 4.98 Å². The van der Waals surface area contributed by atoms with Crippen LogP contribution in [0.25, 0.3) is 11.4 Å². The van der Waals surface area contributed by atoms with Crippen LogP contribution >= 0.6 is 0 Å². The second-order valence-electron chi connectivity index (χ2n) is 6.51. The smallest absolute Gasteiger partial charge is 0.253 e. The van der Waals surface area contributed by atoms with Crippen molar-refractivity contribution in [2.75, 3.05) is 13.2 Å². The zero-order chi connectivity index (χ0) is 20.1. The van der Waals surface area contributed by atoms with Gasteiger partial charge in [0.1, 0.15) is 18.9 Å². The first-order chi connectivity index (χ1) is 14.2. The number of aromatic nitrogens is 3. The van der Waals surface area contributed by atoms with E-state index < -0.39 is 0 Å². The summed E-state index contributed by atoms with van der Waals surface area (Å²) >= 11 is 0. The van der Waals surface area contributed by atoms with Gasteiger partial charge in [0.2, 0.25) is 5.88 Å². The van der Waals surface area contributed by atoms with Gasteiger partial charge in [-0.3, -0.25) is 9.78 Å². The summed E-state index contributed by atoms with van der Waals surface area (Å²) in [4.78, 5) is 20.7. The number of nitrogens with zero attached hydrogens (tertiary/aromatic N) is 3. The molecule has 9 heteroatoms. The van der Waals surface area contributed by atoms with Gasteiger partial charge < -0.3 is 24.4 Å². The Labute approximate surface area is 166 Å². The lowest BCUT2D eigenvalue weighted by Gasteiger charge is -2.11. The van der Waals surface area contributed by atoms with Crippen molar-refractivity contribution in [3.8, 4) is 17.3 Å². The third kappa shape index (κ3) is 4.41. The van der Waals surface area contributed by atoms with E-state index in [1.807, 2.05) is 6.07 Å². The van der Waals surface area contributed by atoms with Gasteiger partial charge in [0, 0.05) is 25.1 Å². The van der Waals surface area contributed by atoms with Crippen LogP contribution in [0, 0.1) is 0 Å². The van der Waals surface area contributed by atoms with E-state index >= 15 is 0 Å². The Hall–Kier alpha value is -3.30. The highest BCUT2D eigenvalue weighted by molar-refractivity contribution is 5.94. The number of hydrogen-bond donors (Lipinski definition) is 2. The number of ether oxygens (including phenoxy) is 2. The number of amides is 1. The molecule has 3 aromatic rings. The van der Waals surface area contributed by atoms with Gasteiger partial charge in [0.25, 0.3) is 5.91 Å². The summed E-state index contributed by atoms with van der Waals surface area (Å²) in [5.41, 5.74) is 2.16. The molecule has 1 fully saturated rings. The second-order valence-corrected chi connectivity index (χ2v) is 6.51. The summed E-state index contributed by atoms with van der Waals surface area (Å²) in [7, 11) is 0. The van der Waals surface area contributed by atoms with Gasteiger partial charge in [0.05, 0.1) is 29.5 Å². The number of rotatable bonds is 7. The third-order valence-corrected chi connectivity index (χ3v) is 4.55. The van der Waals surface area contributed by atoms with Gasteiger partial charge >= 0.3 is 0 Å². The third-order valence-electron chi connectivity index (χ3n) is 4.55. The average molecular weight is 396 g/mol. The lowest BCUT2D eigenvalue weighted by Crippen LogP contribution is -2.35. The fraction of sp³-hybridized carbons (Fsp3) is 0.300. The van der Waals surface area contributed by atoms with Crippen molar-refractivity contribution in [3.63, 3.8) is 0 Å². The quantitative estimate of drug-likeness (QED) is 0.620. The Kier molecular flexibility index (Phi) is 5.78. The average Bonchev–Trinajstić information content (AvgIpc) is 3.42. The fourth-order valence-corrected chi connectivity index (χ4v) is 2.98. The predicted molar refractivity (Wildman–Crippen MR) is 101 cm³/mol. The van der Waals surface area contributed by atoms with E-state index in [1.54, 1.807) is 30.5 Å². The summed E-state index contributed by atoms with van der Waals surface area (Å²) in [5.74, 6) is 0.446. The van der Waals surface area contributed by atoms with Crippen molar-refractivity contribution in [2.45, 2.75) is 25.7 Å². The van der Waals surface area contributed by atoms with Crippen LogP contribution in [0.1, 0.15) is 28.1 Å². The highest BCUT2D eigenvalue weighted by atomic mass is 16.5. The van der Waals surface area contributed by atoms with Crippen LogP contribution in [0.3, 0.4) is 0 Å². The van der Waals surface area contributed by atoms with E-state index in [0.717, 1.165) is 6.42 Å². The molecule has 1 aliphatic heterocycles. The normalized spacial score (nSPS) is 16.0. The molecule has 4 heterocycles. The van der Waals surface area contributed by atoms with Gasteiger partial charge in [0.15, 0.2) is 5.76 Å². The molecular formula is C20H20N4O5. The molecule has 0 aromatic carbocycles. The van der Waals surface area contributed by atoms with Gasteiger partial charge in [-0.15, -0.1) is 0 Å². The van der Waals surface area contributed by atoms with Crippen molar-refractivity contribution < 1.29 is 23.9 Å². The highest BCUT2D eigenvalue weighted by Gasteiger charge is 2.20. The van der Waals surface area contributed by atoms with Crippen molar-refractivity contribution in [1.82, 2.24) is 20.4 Å². The number of carbonyl (C=O) groups is 1. The Morgan fingerprint density at radius 1 is 1.28 bits per heavy atom. The standard InChI is InChI=1S/C20H20N4O5/c25-10-17-15(19(24-29-17)16-3-1-2-7-21-16)12-28-18-5-4-13(9-22-18)20(26)23-14-6-8-27-11-14/h1-5,7,9,14,25H,6,8,10-12H2,(H,23,26). The van der Waals surface area contributed by atoms with Gasteiger partial charge in [-0.2, -0.15) is 0 Å². The van der Waals surface area contributed by atoms with E-state index in [2.05, 4.69) is 20.4 Å². The predicted octanol–water partition coefficient (Wildman–Crippen LogP) is 1.72. The number of pyridine rings is 2. The molecule has 9 nitrogen and oxygen atoms in total. The highest BCUT2D eigenvalue weighted by Crippen LogP contribution is 2.25. The molecular weight excluding hydrogens is 376 g/mol. The monoisotopic (exact) mass is 396 g/mol. The van der Waals surface area contributed by atoms with E-state index in [4.69, 9.17) is 14.0 Å². The number of aliphatic hydroxyl groups excluding tert-OH is 1. The molecule has 0 spiro atoms. The SMILES string of the molecule is O=C(NC1CCOC1)c1ccc(OCc2c(-c3ccccn3)noc2CO)nc1. The Balaban J connectivity index is 1.43. The summed E-state index contributed by atoms with van der Waals surface area (Å²) in [6.45, 7) is 0.971. The number of nitrogens with one attached hydrogen (secondary N) is 1. The maximum absolute atomic E-state index is 12.2. The largest absolute Gasteiger partial charge is 0.473 e. The zero-order valence-electron chi connectivity index (χ0n) is 15.6. The minimum Gasteiger partial charge on any atom is -0.473 e. The zero-order valence-corrected chi connectivity index (χ0v) is 15.6. The van der Waals surface area contributed by atoms with Crippen molar-refractivity contribution in [1.29, 1.82) is 0 Å². The van der Waals surface area contributed by atoms with E-state index in [0.29, 0.717) is 47.4 Å². The number of carbonyl (C=O) groups excluding carboxylic acids is 1. The van der Waals surface area contributed by atoms with E-state index in [1.165, 1.54) is 6.20 Å². The molecule has 0 radical (unpaired) electrons. The van der Waals surface area contributed by atoms with Crippen LogP contribution in [0.5, 0.6) is 5.88 Å². The molecule has 3 aromatic heterocycles. The van der Waals surface area contributed by atoms with E-state index in [-0.39, 0.29) is 25.2 Å². The fourth-order valence-electron chi connectivity index (χ4n) is 2.98. The van der Waals surface area contributed by atoms with Gasteiger partial charge in [-0.1, -0.05) is 11.2 Å². The molecule has 1 amide bonds. The Morgan fingerprint density at radius 2 is 2.21 bits per heavy atom. The maximum Gasteiger partial charge on any atom is 0.253 e. The molecule has 1 aliphatic rings. The molecule has 1 unspecified atom stereocenters. The number of hydrogen-bond acceptors (Lipinski definition) is 8. The van der Waals surface area contributed by atoms with Crippen molar-refractivity contribution in [3.05, 3.63) is 59.6 Å². The van der Waals surface area contributed by atoms with Crippen LogP contribution in [0.4, 0.5) is 0 Å². The minimum atomic E-state index is -0.310. The van der Waals surface area contributed by atoms with Crippen molar-refractivity contribution >= 4 is 5.91 Å². The topological polar surface area (TPSA) is 120 Å². The van der Waals surface area contributed by atoms with Crippen LogP contribution < -0.4 is 10.1 Å². The molecule has 2 N–H and O–H groups in total. The van der Waals surface area contributed by atoms with Crippen LogP contribution in [-0.4, -0.2) is 45.4 Å². The van der Waals surface area contributed by atoms with Crippen LogP contribution in [-0.2, 0) is 18.0 Å². The first-order valence-electron chi connectivity index (χ1n) is 9.21. The van der Waals surface area contributed by atoms with Crippen LogP contribution in [0.15, 0.2) is 47.2 Å². The first-order valence-corrected chi connectivity index (χ1v) is 9.21. The lowest BCUT2D eigenvalue weighted by atomic mass is 10.1. The minimum absolute atomic E-state index is 0.0361.